The van der Waals surface area contributed by atoms with Gasteiger partial charge in [-0.05, 0) is 29.8 Å². The van der Waals surface area contributed by atoms with Crippen molar-refractivity contribution in [2.45, 2.75) is 6.10 Å². The molecule has 1 aromatic carbocycles. The Bertz CT molecular complexity index is 754. The molecule has 24 heavy (non-hydrogen) atoms. The summed E-state index contributed by atoms with van der Waals surface area (Å²) in [6, 6.07) is 8.92. The van der Waals surface area contributed by atoms with E-state index in [9.17, 15) is 4.79 Å². The molecule has 126 valence electrons. The number of hydrogen-bond donors (Lipinski definition) is 1. The van der Waals surface area contributed by atoms with Gasteiger partial charge in [-0.2, -0.15) is 0 Å². The number of amides is 1. The van der Waals surface area contributed by atoms with E-state index in [-0.39, 0.29) is 12.0 Å². The second-order valence-corrected chi connectivity index (χ2v) is 6.25. The van der Waals surface area contributed by atoms with Crippen LogP contribution in [0.4, 0.5) is 5.82 Å². The molecule has 1 aliphatic rings. The second kappa shape index (κ2) is 7.38. The first-order valence-electron chi connectivity index (χ1n) is 7.58. The quantitative estimate of drug-likeness (QED) is 0.901. The Morgan fingerprint density at radius 2 is 2.17 bits per heavy atom. The summed E-state index contributed by atoms with van der Waals surface area (Å²) in [6.07, 6.45) is 1.42. The zero-order chi connectivity index (χ0) is 17.1. The largest absolute Gasteiger partial charge is 0.372 e. The van der Waals surface area contributed by atoms with Crippen LogP contribution in [0.15, 0.2) is 36.5 Å². The molecule has 1 fully saturated rings. The molecular formula is C17H17Cl2N3O2. The Balaban J connectivity index is 1.80. The first kappa shape index (κ1) is 17.0. The van der Waals surface area contributed by atoms with Crippen LogP contribution in [-0.4, -0.2) is 42.5 Å². The standard InChI is InChI=1S/C17H17Cl2N3O2/c1-20-16-12(3-2-6-21-16)17(23)22-7-8-24-15(10-22)11-4-5-13(18)14(19)9-11/h2-6,9,15H,7-8,10H2,1H3,(H,20,21)/t15-/m1/s1. The van der Waals surface area contributed by atoms with Gasteiger partial charge in [0.25, 0.3) is 5.91 Å². The molecule has 7 heteroatoms. The third-order valence-corrected chi connectivity index (χ3v) is 4.68. The molecule has 1 amide bonds. The van der Waals surface area contributed by atoms with Crippen LogP contribution >= 0.6 is 23.2 Å². The fraction of sp³-hybridized carbons (Fsp3) is 0.294. The maximum atomic E-state index is 12.8. The molecule has 1 N–H and O–H groups in total. The van der Waals surface area contributed by atoms with Crippen LogP contribution < -0.4 is 5.32 Å². The lowest BCUT2D eigenvalue weighted by Gasteiger charge is -2.33. The summed E-state index contributed by atoms with van der Waals surface area (Å²) in [6.45, 7) is 1.45. The zero-order valence-electron chi connectivity index (χ0n) is 13.1. The Labute approximate surface area is 150 Å². The topological polar surface area (TPSA) is 54.5 Å². The number of nitrogens with zero attached hydrogens (tertiary/aromatic N) is 2. The highest BCUT2D eigenvalue weighted by atomic mass is 35.5. The normalized spacial score (nSPS) is 17.6. The molecule has 1 aliphatic heterocycles. The summed E-state index contributed by atoms with van der Waals surface area (Å²) in [5.41, 5.74) is 1.46. The van der Waals surface area contributed by atoms with Crippen molar-refractivity contribution in [3.63, 3.8) is 0 Å². The van der Waals surface area contributed by atoms with Gasteiger partial charge in [0, 0.05) is 19.8 Å². The van der Waals surface area contributed by atoms with E-state index in [1.807, 2.05) is 6.07 Å². The predicted molar refractivity (Wildman–Crippen MR) is 94.8 cm³/mol. The smallest absolute Gasteiger partial charge is 0.257 e. The number of pyridine rings is 1. The minimum absolute atomic E-state index is 0.0687. The van der Waals surface area contributed by atoms with Crippen molar-refractivity contribution in [1.82, 2.24) is 9.88 Å². The van der Waals surface area contributed by atoms with E-state index in [1.54, 1.807) is 42.4 Å². The molecule has 0 unspecified atom stereocenters. The van der Waals surface area contributed by atoms with Gasteiger partial charge in [-0.1, -0.05) is 29.3 Å². The minimum Gasteiger partial charge on any atom is -0.372 e. The van der Waals surface area contributed by atoms with Gasteiger partial charge < -0.3 is 15.0 Å². The molecule has 3 rings (SSSR count). The molecular weight excluding hydrogens is 349 g/mol. The third-order valence-electron chi connectivity index (χ3n) is 3.94. The Hall–Kier alpha value is -1.82. The maximum absolute atomic E-state index is 12.8. The maximum Gasteiger partial charge on any atom is 0.257 e. The van der Waals surface area contributed by atoms with Crippen LogP contribution in [0.1, 0.15) is 22.0 Å². The van der Waals surface area contributed by atoms with Crippen molar-refractivity contribution in [1.29, 1.82) is 0 Å². The fourth-order valence-corrected chi connectivity index (χ4v) is 3.00. The number of anilines is 1. The number of hydrogen-bond acceptors (Lipinski definition) is 4. The average Bonchev–Trinajstić information content (AvgIpc) is 2.63. The third kappa shape index (κ3) is 3.48. The summed E-state index contributed by atoms with van der Waals surface area (Å²) < 4.78 is 5.80. The molecule has 5 nitrogen and oxygen atoms in total. The van der Waals surface area contributed by atoms with Crippen LogP contribution in [-0.2, 0) is 4.74 Å². The first-order valence-corrected chi connectivity index (χ1v) is 8.34. The molecule has 0 aliphatic carbocycles. The highest BCUT2D eigenvalue weighted by molar-refractivity contribution is 6.42. The predicted octanol–water partition coefficient (Wildman–Crippen LogP) is 3.64. The number of morpholine rings is 1. The summed E-state index contributed by atoms with van der Waals surface area (Å²) in [5, 5.41) is 3.93. The highest BCUT2D eigenvalue weighted by Crippen LogP contribution is 2.29. The second-order valence-electron chi connectivity index (χ2n) is 5.43. The van der Waals surface area contributed by atoms with Gasteiger partial charge in [-0.3, -0.25) is 4.79 Å². The van der Waals surface area contributed by atoms with Crippen LogP contribution in [0, 0.1) is 0 Å². The lowest BCUT2D eigenvalue weighted by molar-refractivity contribution is -0.0228. The Kier molecular flexibility index (Phi) is 5.23. The van der Waals surface area contributed by atoms with Crippen molar-refractivity contribution < 1.29 is 9.53 Å². The number of nitrogens with one attached hydrogen (secondary N) is 1. The van der Waals surface area contributed by atoms with E-state index in [0.717, 1.165) is 5.56 Å². The van der Waals surface area contributed by atoms with E-state index in [2.05, 4.69) is 10.3 Å². The number of aromatic nitrogens is 1. The van der Waals surface area contributed by atoms with Crippen LogP contribution in [0.2, 0.25) is 10.0 Å². The van der Waals surface area contributed by atoms with Crippen molar-refractivity contribution in [3.8, 4) is 0 Å². The van der Waals surface area contributed by atoms with Crippen molar-refractivity contribution in [2.24, 2.45) is 0 Å². The summed E-state index contributed by atoms with van der Waals surface area (Å²) in [7, 11) is 1.75. The number of carbonyl (C=O) groups excluding carboxylic acids is 1. The number of halogens is 2. The first-order chi connectivity index (χ1) is 11.6. The number of benzene rings is 1. The Morgan fingerprint density at radius 1 is 1.33 bits per heavy atom. The molecule has 2 aromatic rings. The molecule has 1 atom stereocenters. The van der Waals surface area contributed by atoms with Crippen LogP contribution in [0.3, 0.4) is 0 Å². The molecule has 1 saturated heterocycles. The highest BCUT2D eigenvalue weighted by Gasteiger charge is 2.27. The fourth-order valence-electron chi connectivity index (χ4n) is 2.70. The van der Waals surface area contributed by atoms with Gasteiger partial charge in [-0.15, -0.1) is 0 Å². The molecule has 2 heterocycles. The monoisotopic (exact) mass is 365 g/mol. The van der Waals surface area contributed by atoms with E-state index < -0.39 is 0 Å². The van der Waals surface area contributed by atoms with E-state index >= 15 is 0 Å². The summed E-state index contributed by atoms with van der Waals surface area (Å²) >= 11 is 12.0. The summed E-state index contributed by atoms with van der Waals surface area (Å²) in [4.78, 5) is 18.8. The summed E-state index contributed by atoms with van der Waals surface area (Å²) in [5.74, 6) is 0.501. The van der Waals surface area contributed by atoms with Gasteiger partial charge in [0.05, 0.1) is 28.8 Å². The molecule has 0 bridgehead atoms. The Morgan fingerprint density at radius 3 is 2.92 bits per heavy atom. The minimum atomic E-state index is -0.229. The number of carbonyl (C=O) groups is 1. The van der Waals surface area contributed by atoms with Gasteiger partial charge in [0.2, 0.25) is 0 Å². The van der Waals surface area contributed by atoms with E-state index in [4.69, 9.17) is 27.9 Å². The van der Waals surface area contributed by atoms with Crippen LogP contribution in [0.5, 0.6) is 0 Å². The van der Waals surface area contributed by atoms with Gasteiger partial charge in [0.1, 0.15) is 11.9 Å². The van der Waals surface area contributed by atoms with E-state index in [1.165, 1.54) is 0 Å². The van der Waals surface area contributed by atoms with Crippen molar-refractivity contribution in [2.75, 3.05) is 32.1 Å². The number of rotatable bonds is 3. The van der Waals surface area contributed by atoms with Gasteiger partial charge in [0.15, 0.2) is 0 Å². The van der Waals surface area contributed by atoms with Crippen LogP contribution in [0.25, 0.3) is 0 Å². The zero-order valence-corrected chi connectivity index (χ0v) is 14.6. The van der Waals surface area contributed by atoms with E-state index in [0.29, 0.717) is 41.1 Å². The number of ether oxygens (including phenoxy) is 1. The molecule has 0 radical (unpaired) electrons. The lowest BCUT2D eigenvalue weighted by atomic mass is 10.1. The average molecular weight is 366 g/mol. The van der Waals surface area contributed by atoms with Crippen molar-refractivity contribution in [3.05, 3.63) is 57.7 Å². The van der Waals surface area contributed by atoms with Gasteiger partial charge in [-0.25, -0.2) is 4.98 Å². The van der Waals surface area contributed by atoms with Crippen molar-refractivity contribution >= 4 is 34.9 Å². The molecule has 0 saturated carbocycles. The molecule has 0 spiro atoms. The van der Waals surface area contributed by atoms with Gasteiger partial charge >= 0.3 is 0 Å². The SMILES string of the molecule is CNc1ncccc1C(=O)N1CCO[C@@H](c2ccc(Cl)c(Cl)c2)C1. The lowest BCUT2D eigenvalue weighted by Crippen LogP contribution is -2.42. The molecule has 1 aromatic heterocycles.